The predicted molar refractivity (Wildman–Crippen MR) is 59.2 cm³/mol. The maximum atomic E-state index is 11.3. The van der Waals surface area contributed by atoms with Crippen LogP contribution in [-0.2, 0) is 10.2 Å². The number of halogens is 1. The standard InChI is InChI=1S/C7H5IN2O3S/c8-4-1-2-5-6(3-4)9-14(12,13)10-7(5)11/h1-3,9H,(H,10,11). The summed E-state index contributed by atoms with van der Waals surface area (Å²) in [6.07, 6.45) is 0. The molecular weight excluding hydrogens is 319 g/mol. The average Bonchev–Trinajstić information content (AvgIpc) is 2.00. The van der Waals surface area contributed by atoms with Gasteiger partial charge in [-0.2, -0.15) is 8.42 Å². The number of hydrogen-bond donors (Lipinski definition) is 2. The van der Waals surface area contributed by atoms with E-state index in [9.17, 15) is 13.2 Å². The van der Waals surface area contributed by atoms with E-state index in [2.05, 4.69) is 4.72 Å². The van der Waals surface area contributed by atoms with E-state index >= 15 is 0 Å². The molecule has 0 unspecified atom stereocenters. The Morgan fingerprint density at radius 3 is 2.64 bits per heavy atom. The zero-order chi connectivity index (χ0) is 10.3. The van der Waals surface area contributed by atoms with Gasteiger partial charge in [0.1, 0.15) is 0 Å². The molecule has 0 aromatic heterocycles. The molecule has 2 rings (SSSR count). The molecule has 1 aromatic carbocycles. The summed E-state index contributed by atoms with van der Waals surface area (Å²) in [7, 11) is -3.71. The van der Waals surface area contributed by atoms with Crippen LogP contribution in [0.1, 0.15) is 10.4 Å². The lowest BCUT2D eigenvalue weighted by molar-refractivity contribution is 0.0981. The first-order valence-electron chi connectivity index (χ1n) is 3.62. The van der Waals surface area contributed by atoms with Gasteiger partial charge in [-0.3, -0.25) is 9.52 Å². The summed E-state index contributed by atoms with van der Waals surface area (Å²) in [6, 6.07) is 4.92. The number of carbonyl (C=O) groups is 1. The third-order valence-corrected chi connectivity index (χ3v) is 3.31. The average molecular weight is 324 g/mol. The maximum Gasteiger partial charge on any atom is 0.323 e. The predicted octanol–water partition coefficient (Wildman–Crippen LogP) is 0.691. The summed E-state index contributed by atoms with van der Waals surface area (Å²) >= 11 is 2.04. The Bertz CT molecular complexity index is 512. The van der Waals surface area contributed by atoms with Crippen LogP contribution in [0.25, 0.3) is 0 Å². The Kier molecular flexibility index (Phi) is 2.14. The molecule has 1 aromatic rings. The molecule has 14 heavy (non-hydrogen) atoms. The molecule has 74 valence electrons. The van der Waals surface area contributed by atoms with Gasteiger partial charge in [-0.1, -0.05) is 0 Å². The highest BCUT2D eigenvalue weighted by molar-refractivity contribution is 14.1. The highest BCUT2D eigenvalue weighted by Crippen LogP contribution is 2.22. The smallest absolute Gasteiger partial charge is 0.268 e. The van der Waals surface area contributed by atoms with Crippen LogP contribution < -0.4 is 9.44 Å². The van der Waals surface area contributed by atoms with Crippen molar-refractivity contribution in [2.45, 2.75) is 0 Å². The van der Waals surface area contributed by atoms with E-state index < -0.39 is 16.1 Å². The lowest BCUT2D eigenvalue weighted by Crippen LogP contribution is -2.40. The van der Waals surface area contributed by atoms with E-state index in [0.29, 0.717) is 11.3 Å². The summed E-state index contributed by atoms with van der Waals surface area (Å²) in [5.74, 6) is -0.602. The number of rotatable bonds is 0. The molecule has 0 spiro atoms. The molecule has 0 saturated carbocycles. The van der Waals surface area contributed by atoms with Crippen LogP contribution in [0.5, 0.6) is 0 Å². The van der Waals surface area contributed by atoms with Gasteiger partial charge in [0.2, 0.25) is 0 Å². The van der Waals surface area contributed by atoms with Crippen molar-refractivity contribution in [1.82, 2.24) is 4.72 Å². The molecule has 0 saturated heterocycles. The molecule has 5 nitrogen and oxygen atoms in total. The van der Waals surface area contributed by atoms with E-state index in [1.807, 2.05) is 27.3 Å². The summed E-state index contributed by atoms with van der Waals surface area (Å²) in [4.78, 5) is 11.3. The minimum Gasteiger partial charge on any atom is -0.268 e. The fraction of sp³-hybridized carbons (Fsp3) is 0. The van der Waals surface area contributed by atoms with Gasteiger partial charge in [-0.25, -0.2) is 4.72 Å². The number of fused-ring (bicyclic) bond motifs is 1. The largest absolute Gasteiger partial charge is 0.323 e. The Morgan fingerprint density at radius 1 is 1.21 bits per heavy atom. The molecule has 1 aliphatic rings. The minimum absolute atomic E-state index is 0.320. The molecule has 0 fully saturated rings. The number of hydrogen-bond acceptors (Lipinski definition) is 3. The Balaban J connectivity index is 2.62. The monoisotopic (exact) mass is 324 g/mol. The van der Waals surface area contributed by atoms with Crippen molar-refractivity contribution in [1.29, 1.82) is 0 Å². The van der Waals surface area contributed by atoms with Crippen molar-refractivity contribution in [2.24, 2.45) is 0 Å². The first-order chi connectivity index (χ1) is 6.48. The number of amides is 1. The van der Waals surface area contributed by atoms with E-state index in [0.717, 1.165) is 3.57 Å². The van der Waals surface area contributed by atoms with E-state index in [4.69, 9.17) is 0 Å². The van der Waals surface area contributed by atoms with Crippen LogP contribution in [-0.4, -0.2) is 14.3 Å². The summed E-state index contributed by atoms with van der Waals surface area (Å²) in [5, 5.41) is 0. The van der Waals surface area contributed by atoms with Gasteiger partial charge in [0.25, 0.3) is 5.91 Å². The molecule has 1 heterocycles. The number of anilines is 1. The molecule has 7 heteroatoms. The van der Waals surface area contributed by atoms with Crippen molar-refractivity contribution in [3.8, 4) is 0 Å². The van der Waals surface area contributed by atoms with Crippen molar-refractivity contribution in [2.75, 3.05) is 4.72 Å². The molecule has 1 aliphatic heterocycles. The molecule has 0 atom stereocenters. The zero-order valence-electron chi connectivity index (χ0n) is 6.74. The van der Waals surface area contributed by atoms with Gasteiger partial charge in [-0.05, 0) is 40.8 Å². The molecule has 0 radical (unpaired) electrons. The minimum atomic E-state index is -3.71. The SMILES string of the molecule is O=C1NS(=O)(=O)Nc2cc(I)ccc21. The third-order valence-electron chi connectivity index (χ3n) is 1.70. The van der Waals surface area contributed by atoms with Crippen LogP contribution in [0.4, 0.5) is 5.69 Å². The van der Waals surface area contributed by atoms with Gasteiger partial charge < -0.3 is 0 Å². The molecule has 0 aliphatic carbocycles. The molecule has 2 N–H and O–H groups in total. The topological polar surface area (TPSA) is 75.3 Å². The Labute approximate surface area is 94.2 Å². The number of nitrogens with one attached hydrogen (secondary N) is 2. The fourth-order valence-corrected chi connectivity index (χ4v) is 2.50. The third kappa shape index (κ3) is 1.69. The first kappa shape index (κ1) is 9.71. The second-order valence-electron chi connectivity index (χ2n) is 2.73. The van der Waals surface area contributed by atoms with Gasteiger partial charge in [0, 0.05) is 3.57 Å². The van der Waals surface area contributed by atoms with Crippen molar-refractivity contribution >= 4 is 44.4 Å². The normalized spacial score (nSPS) is 17.9. The molecule has 1 amide bonds. The van der Waals surface area contributed by atoms with Crippen molar-refractivity contribution < 1.29 is 13.2 Å². The lowest BCUT2D eigenvalue weighted by atomic mass is 10.2. The van der Waals surface area contributed by atoms with E-state index in [-0.39, 0.29) is 0 Å². The second kappa shape index (κ2) is 3.09. The van der Waals surface area contributed by atoms with Crippen LogP contribution in [0.2, 0.25) is 0 Å². The van der Waals surface area contributed by atoms with E-state index in [1.165, 1.54) is 0 Å². The number of carbonyl (C=O) groups excluding carboxylic acids is 1. The van der Waals surface area contributed by atoms with Crippen LogP contribution in [0, 0.1) is 3.57 Å². The first-order valence-corrected chi connectivity index (χ1v) is 6.18. The highest BCUT2D eigenvalue weighted by Gasteiger charge is 2.25. The van der Waals surface area contributed by atoms with Crippen molar-refractivity contribution in [3.63, 3.8) is 0 Å². The van der Waals surface area contributed by atoms with Gasteiger partial charge in [-0.15, -0.1) is 0 Å². The molecule has 0 bridgehead atoms. The van der Waals surface area contributed by atoms with E-state index in [1.54, 1.807) is 18.2 Å². The highest BCUT2D eigenvalue weighted by atomic mass is 127. The molecular formula is C7H5IN2O3S. The van der Waals surface area contributed by atoms with Crippen LogP contribution in [0.3, 0.4) is 0 Å². The lowest BCUT2D eigenvalue weighted by Gasteiger charge is -2.18. The fourth-order valence-electron chi connectivity index (χ4n) is 1.15. The van der Waals surface area contributed by atoms with Gasteiger partial charge in [0.05, 0.1) is 11.3 Å². The summed E-state index contributed by atoms with van der Waals surface area (Å²) in [6.45, 7) is 0. The quantitative estimate of drug-likeness (QED) is 0.690. The van der Waals surface area contributed by atoms with Crippen molar-refractivity contribution in [3.05, 3.63) is 27.3 Å². The van der Waals surface area contributed by atoms with Crippen LogP contribution in [0.15, 0.2) is 18.2 Å². The van der Waals surface area contributed by atoms with Crippen LogP contribution >= 0.6 is 22.6 Å². The Hall–Kier alpha value is -0.830. The zero-order valence-corrected chi connectivity index (χ0v) is 9.72. The van der Waals surface area contributed by atoms with Gasteiger partial charge >= 0.3 is 10.2 Å². The second-order valence-corrected chi connectivity index (χ2v) is 5.39. The summed E-state index contributed by atoms with van der Waals surface area (Å²) < 4.78 is 27.1. The maximum absolute atomic E-state index is 11.3. The summed E-state index contributed by atoms with van der Waals surface area (Å²) in [5.41, 5.74) is 0.654. The van der Waals surface area contributed by atoms with Gasteiger partial charge in [0.15, 0.2) is 0 Å². The number of benzene rings is 1. The Morgan fingerprint density at radius 2 is 1.93 bits per heavy atom.